The molecule has 180 valence electrons. The van der Waals surface area contributed by atoms with Gasteiger partial charge >= 0.3 is 0 Å². The number of rotatable bonds is 4. The number of aromatic nitrogens is 1. The van der Waals surface area contributed by atoms with Crippen LogP contribution in [0.15, 0.2) is 59.5 Å². The highest BCUT2D eigenvalue weighted by Gasteiger charge is 2.47. The van der Waals surface area contributed by atoms with Crippen molar-refractivity contribution in [3.05, 3.63) is 99.0 Å². The van der Waals surface area contributed by atoms with Crippen molar-refractivity contribution in [3.63, 3.8) is 0 Å². The van der Waals surface area contributed by atoms with E-state index in [1.165, 1.54) is 21.7 Å². The van der Waals surface area contributed by atoms with Crippen LogP contribution >= 0.6 is 0 Å². The second kappa shape index (κ2) is 8.62. The van der Waals surface area contributed by atoms with Gasteiger partial charge in [0.2, 0.25) is 5.43 Å². The third kappa shape index (κ3) is 3.85. The van der Waals surface area contributed by atoms with Crippen molar-refractivity contribution in [1.29, 1.82) is 0 Å². The van der Waals surface area contributed by atoms with Crippen LogP contribution in [0.25, 0.3) is 0 Å². The Labute approximate surface area is 198 Å². The van der Waals surface area contributed by atoms with Crippen LogP contribution in [0, 0.1) is 11.6 Å². The van der Waals surface area contributed by atoms with Crippen LogP contribution in [0.1, 0.15) is 45.0 Å². The fourth-order valence-electron chi connectivity index (χ4n) is 4.61. The number of fused-ring (bicyclic) bond motifs is 2. The average Bonchev–Trinajstić information content (AvgIpc) is 3.17. The fourth-order valence-corrected chi connectivity index (χ4v) is 4.61. The van der Waals surface area contributed by atoms with E-state index in [2.05, 4.69) is 5.32 Å². The molecule has 1 saturated heterocycles. The molecule has 1 aromatic heterocycles. The second-order valence-corrected chi connectivity index (χ2v) is 8.51. The monoisotopic (exact) mass is 481 g/mol. The number of carbonyl (C=O) groups is 2. The zero-order valence-electron chi connectivity index (χ0n) is 18.6. The van der Waals surface area contributed by atoms with Crippen molar-refractivity contribution in [2.24, 2.45) is 0 Å². The highest BCUT2D eigenvalue weighted by atomic mass is 19.1. The van der Waals surface area contributed by atoms with E-state index >= 15 is 0 Å². The molecule has 2 N–H and O–H groups in total. The first-order chi connectivity index (χ1) is 16.8. The molecule has 10 heteroatoms. The SMILES string of the molecule is C[C@@H]1[C@@H](c2ccccc2)OC2Cn3cc(C(=O)NCc4ccc(F)cc4F)c(=O)c(O)c3C(=O)N21. The molecule has 5 rings (SSSR count). The van der Waals surface area contributed by atoms with Crippen LogP contribution in [0.4, 0.5) is 8.78 Å². The van der Waals surface area contributed by atoms with E-state index in [9.17, 15) is 28.3 Å². The Morgan fingerprint density at radius 1 is 1.17 bits per heavy atom. The minimum atomic E-state index is -1.02. The second-order valence-electron chi connectivity index (χ2n) is 8.51. The lowest BCUT2D eigenvalue weighted by atomic mass is 10.0. The number of benzene rings is 2. The molecule has 3 heterocycles. The van der Waals surface area contributed by atoms with Crippen molar-refractivity contribution in [2.45, 2.75) is 38.4 Å². The molecule has 35 heavy (non-hydrogen) atoms. The zero-order chi connectivity index (χ0) is 24.9. The smallest absolute Gasteiger partial charge is 0.276 e. The van der Waals surface area contributed by atoms with E-state index in [-0.39, 0.29) is 30.4 Å². The summed E-state index contributed by atoms with van der Waals surface area (Å²) in [6.07, 6.45) is 0.121. The van der Waals surface area contributed by atoms with Gasteiger partial charge < -0.3 is 24.6 Å². The van der Waals surface area contributed by atoms with E-state index in [0.717, 1.165) is 11.6 Å². The van der Waals surface area contributed by atoms with Crippen LogP contribution < -0.4 is 10.7 Å². The molecule has 2 aliphatic rings. The number of carbonyl (C=O) groups excluding carboxylic acids is 2. The van der Waals surface area contributed by atoms with E-state index in [1.54, 1.807) is 0 Å². The molecule has 0 saturated carbocycles. The highest BCUT2D eigenvalue weighted by molar-refractivity contribution is 5.99. The van der Waals surface area contributed by atoms with Gasteiger partial charge in [0.15, 0.2) is 17.7 Å². The summed E-state index contributed by atoms with van der Waals surface area (Å²) in [6.45, 7) is 1.62. The largest absolute Gasteiger partial charge is 0.503 e. The maximum Gasteiger partial charge on any atom is 0.276 e. The predicted octanol–water partition coefficient (Wildman–Crippen LogP) is 2.70. The normalized spacial score (nSPS) is 20.9. The lowest BCUT2D eigenvalue weighted by Crippen LogP contribution is -2.49. The Balaban J connectivity index is 1.42. The molecule has 0 spiro atoms. The molecule has 3 aromatic rings. The minimum absolute atomic E-state index is 0.0214. The summed E-state index contributed by atoms with van der Waals surface area (Å²) in [4.78, 5) is 40.2. The van der Waals surface area contributed by atoms with Gasteiger partial charge in [-0.1, -0.05) is 36.4 Å². The molecular weight excluding hydrogens is 460 g/mol. The zero-order valence-corrected chi connectivity index (χ0v) is 18.6. The molecule has 0 bridgehead atoms. The summed E-state index contributed by atoms with van der Waals surface area (Å²) in [5, 5.41) is 13.0. The number of aromatic hydroxyl groups is 1. The van der Waals surface area contributed by atoms with Crippen molar-refractivity contribution < 1.29 is 28.2 Å². The first kappa shape index (κ1) is 22.7. The summed E-state index contributed by atoms with van der Waals surface area (Å²) >= 11 is 0. The third-order valence-corrected chi connectivity index (χ3v) is 6.36. The van der Waals surface area contributed by atoms with Crippen molar-refractivity contribution in [3.8, 4) is 5.75 Å². The van der Waals surface area contributed by atoms with Gasteiger partial charge in [0, 0.05) is 24.4 Å². The number of ether oxygens (including phenoxy) is 1. The quantitative estimate of drug-likeness (QED) is 0.597. The Bertz CT molecular complexity index is 1390. The number of amides is 2. The summed E-state index contributed by atoms with van der Waals surface area (Å²) in [5.41, 5.74) is -0.754. The Kier molecular flexibility index (Phi) is 5.60. The van der Waals surface area contributed by atoms with Gasteiger partial charge in [-0.05, 0) is 18.6 Å². The lowest BCUT2D eigenvalue weighted by molar-refractivity contribution is -0.0154. The van der Waals surface area contributed by atoms with Crippen molar-refractivity contribution >= 4 is 11.8 Å². The van der Waals surface area contributed by atoms with Crippen LogP contribution in [-0.4, -0.2) is 38.7 Å². The molecule has 0 aliphatic carbocycles. The molecule has 1 fully saturated rings. The molecule has 8 nitrogen and oxygen atoms in total. The summed E-state index contributed by atoms with van der Waals surface area (Å²) in [5.74, 6) is -3.90. The van der Waals surface area contributed by atoms with Gasteiger partial charge in [-0.25, -0.2) is 8.78 Å². The van der Waals surface area contributed by atoms with Gasteiger partial charge in [-0.2, -0.15) is 0 Å². The van der Waals surface area contributed by atoms with E-state index in [0.29, 0.717) is 6.07 Å². The van der Waals surface area contributed by atoms with E-state index in [4.69, 9.17) is 4.74 Å². The van der Waals surface area contributed by atoms with Gasteiger partial charge in [-0.15, -0.1) is 0 Å². The number of pyridine rings is 1. The van der Waals surface area contributed by atoms with Gasteiger partial charge in [0.1, 0.15) is 23.3 Å². The van der Waals surface area contributed by atoms with Gasteiger partial charge in [0.25, 0.3) is 11.8 Å². The van der Waals surface area contributed by atoms with Gasteiger partial charge in [-0.3, -0.25) is 14.4 Å². The summed E-state index contributed by atoms with van der Waals surface area (Å²) < 4.78 is 34.4. The lowest BCUT2D eigenvalue weighted by Gasteiger charge is -2.33. The Hall–Kier alpha value is -4.05. The summed E-state index contributed by atoms with van der Waals surface area (Å²) in [6, 6.07) is 11.9. The van der Waals surface area contributed by atoms with Crippen LogP contribution in [0.2, 0.25) is 0 Å². The number of hydrogen-bond acceptors (Lipinski definition) is 5. The number of nitrogens with zero attached hydrogens (tertiary/aromatic N) is 2. The maximum absolute atomic E-state index is 13.9. The number of halogens is 2. The minimum Gasteiger partial charge on any atom is -0.503 e. The van der Waals surface area contributed by atoms with Crippen LogP contribution in [0.5, 0.6) is 5.75 Å². The fraction of sp³-hybridized carbons (Fsp3) is 0.240. The molecule has 3 atom stereocenters. The predicted molar refractivity (Wildman–Crippen MR) is 120 cm³/mol. The molecule has 2 amide bonds. The highest BCUT2D eigenvalue weighted by Crippen LogP contribution is 2.39. The average molecular weight is 481 g/mol. The third-order valence-electron chi connectivity index (χ3n) is 6.36. The molecule has 1 unspecified atom stereocenters. The van der Waals surface area contributed by atoms with Crippen molar-refractivity contribution in [1.82, 2.24) is 14.8 Å². The first-order valence-electron chi connectivity index (χ1n) is 11.0. The number of hydrogen-bond donors (Lipinski definition) is 2. The van der Waals surface area contributed by atoms with Crippen LogP contribution in [-0.2, 0) is 17.8 Å². The standard InChI is InChI=1S/C25H21F2N3O5/c1-13-23(14-5-3-2-4-6-14)35-19-12-29-11-17(21(31)22(32)20(29)25(34)30(13)19)24(33)28-10-15-7-8-16(26)9-18(15)27/h2-9,11,13,19,23,32H,10,12H2,1H3,(H,28,33)/t13-,19?,23+/m1/s1. The van der Waals surface area contributed by atoms with Crippen LogP contribution in [0.3, 0.4) is 0 Å². The van der Waals surface area contributed by atoms with E-state index in [1.807, 2.05) is 37.3 Å². The summed E-state index contributed by atoms with van der Waals surface area (Å²) in [7, 11) is 0. The maximum atomic E-state index is 13.9. The van der Waals surface area contributed by atoms with Gasteiger partial charge in [0.05, 0.1) is 12.6 Å². The Morgan fingerprint density at radius 2 is 1.91 bits per heavy atom. The molecule has 0 radical (unpaired) electrons. The number of nitrogens with one attached hydrogen (secondary N) is 1. The molecular formula is C25H21F2N3O5. The van der Waals surface area contributed by atoms with E-state index < -0.39 is 52.5 Å². The first-order valence-corrected chi connectivity index (χ1v) is 11.0. The molecule has 2 aromatic carbocycles. The van der Waals surface area contributed by atoms with Crippen molar-refractivity contribution in [2.75, 3.05) is 0 Å². The Morgan fingerprint density at radius 3 is 2.63 bits per heavy atom. The topological polar surface area (TPSA) is 101 Å². The molecule has 2 aliphatic heterocycles.